The molecule has 0 unspecified atom stereocenters. The Labute approximate surface area is 493 Å². The molecule has 2 rings (SSSR count). The lowest BCUT2D eigenvalue weighted by molar-refractivity contribution is -0.139. The number of hydrogen-bond acceptors (Lipinski definition) is 16. The van der Waals surface area contributed by atoms with Crippen LogP contribution < -0.4 is 70.4 Å². The van der Waals surface area contributed by atoms with Crippen LogP contribution in [-0.2, 0) is 64.0 Å². The Balaban J connectivity index is 2.70. The Kier molecular flexibility index (Phi) is 31.9. The molecular formula is C53H90N16O14S. The van der Waals surface area contributed by atoms with Gasteiger partial charge in [-0.3, -0.25) is 62.5 Å². The highest BCUT2D eigenvalue weighted by atomic mass is 32.2. The van der Waals surface area contributed by atoms with Gasteiger partial charge in [-0.1, -0.05) is 47.5 Å². The molecular weight excluding hydrogens is 1120 g/mol. The van der Waals surface area contributed by atoms with Gasteiger partial charge in [0.2, 0.25) is 65.0 Å². The quantitative estimate of drug-likeness (QED) is 0.0392. The second kappa shape index (κ2) is 36.9. The number of imidazole rings is 1. The van der Waals surface area contributed by atoms with Gasteiger partial charge in [0.1, 0.15) is 54.4 Å². The Morgan fingerprint density at radius 2 is 1.21 bits per heavy atom. The first-order valence-electron chi connectivity index (χ1n) is 28.1. The van der Waals surface area contributed by atoms with Crippen molar-refractivity contribution in [2.24, 2.45) is 33.5 Å². The summed E-state index contributed by atoms with van der Waals surface area (Å²) < 4.78 is 0. The first-order chi connectivity index (χ1) is 39.4. The van der Waals surface area contributed by atoms with E-state index < -0.39 is 156 Å². The number of primary amides is 1. The molecule has 2 heterocycles. The number of aliphatic carboxylic acids is 1. The van der Waals surface area contributed by atoms with Crippen LogP contribution in [0.1, 0.15) is 138 Å². The molecule has 0 saturated carbocycles. The topological polar surface area (TPSA) is 485 Å². The predicted molar refractivity (Wildman–Crippen MR) is 310 cm³/mol. The summed E-state index contributed by atoms with van der Waals surface area (Å²) in [5.41, 5.74) is 16.3. The summed E-state index contributed by atoms with van der Waals surface area (Å²) in [6.45, 7) is 11.7. The average Bonchev–Trinajstić information content (AvgIpc) is 4.06. The number of aromatic amines is 1. The number of amides is 11. The van der Waals surface area contributed by atoms with Crippen LogP contribution in [0.4, 0.5) is 0 Å². The number of thioether (sulfide) groups is 1. The fourth-order valence-electron chi connectivity index (χ4n) is 8.62. The first kappa shape index (κ1) is 72.5. The maximum atomic E-state index is 14.4. The number of nitrogens with zero attached hydrogens (tertiary/aromatic N) is 2. The number of aliphatic hydroxyl groups excluding tert-OH is 1. The molecule has 30 nitrogen and oxygen atoms in total. The molecule has 1 aromatic heterocycles. The third kappa shape index (κ3) is 28.6. The van der Waals surface area contributed by atoms with E-state index >= 15 is 0 Å². The lowest BCUT2D eigenvalue weighted by Gasteiger charge is -2.30. The molecule has 0 spiro atoms. The normalized spacial score (nSPS) is 24.8. The van der Waals surface area contributed by atoms with Crippen molar-refractivity contribution in [2.45, 2.75) is 199 Å². The number of carbonyl (C=O) groups is 12. The number of rotatable bonds is 18. The third-order valence-corrected chi connectivity index (χ3v) is 13.6. The first-order valence-corrected chi connectivity index (χ1v) is 29.5. The molecule has 31 heteroatoms. The van der Waals surface area contributed by atoms with E-state index in [1.165, 1.54) is 38.1 Å². The Bertz CT molecular complexity index is 2420. The number of guanidine groups is 1. The van der Waals surface area contributed by atoms with Crippen LogP contribution in [0.2, 0.25) is 0 Å². The molecule has 1 fully saturated rings. The molecule has 0 aliphatic carbocycles. The van der Waals surface area contributed by atoms with Crippen LogP contribution >= 0.6 is 11.8 Å². The summed E-state index contributed by atoms with van der Waals surface area (Å²) in [6, 6.07) is -13.1. The highest BCUT2D eigenvalue weighted by Crippen LogP contribution is 2.22. The van der Waals surface area contributed by atoms with Crippen molar-refractivity contribution < 1.29 is 67.7 Å². The predicted octanol–water partition coefficient (Wildman–Crippen LogP) is -3.17. The van der Waals surface area contributed by atoms with Crippen LogP contribution in [0.25, 0.3) is 0 Å². The number of carbonyl (C=O) groups excluding carboxylic acids is 11. The fourth-order valence-corrected chi connectivity index (χ4v) is 9.09. The molecule has 0 bridgehead atoms. The summed E-state index contributed by atoms with van der Waals surface area (Å²) in [5.74, 6) is -11.0. The Hall–Kier alpha value is -7.57. The van der Waals surface area contributed by atoms with E-state index in [1.807, 2.05) is 13.8 Å². The Morgan fingerprint density at radius 1 is 0.679 bits per heavy atom. The van der Waals surface area contributed by atoms with Gasteiger partial charge in [0.05, 0.1) is 18.9 Å². The second-order valence-electron chi connectivity index (χ2n) is 22.4. The van der Waals surface area contributed by atoms with Gasteiger partial charge in [-0.15, -0.1) is 0 Å². The van der Waals surface area contributed by atoms with Gasteiger partial charge < -0.3 is 85.6 Å². The van der Waals surface area contributed by atoms with E-state index in [-0.39, 0.29) is 69.9 Å². The minimum atomic E-state index is -1.64. The standard InChI is InChI=1S/C53H90N16O14S/c1-28(2)22-35-44(76)58-19-12-10-9-11-15-40(72)69-42(30(4)70)51(83)64-33(16-17-41(73)74)47(79)62-32(14-13-20-59-52(55)56)46(78)63-34(18-21-84-8)45(77)61-29(3)43(75)68-38(25-53(5,6)7)50(82)66-36(23-31-26-57-27-60-31)48(80)67-37(24-39(54)71)49(81)65-35/h26-30,32-38,42,70H,9-25H2,1-8H3,(H2,54,71)(H,57,60)(H,58,76)(H,61,77)(H,62,79)(H,63,78)(H,64,83)(H,65,81)(H,66,82)(H,67,80)(H,68,75)(H,69,72)(H,73,74)(H4,55,56,59)/t29-,30+,32-,33-,34-,35-,36-,37-,38-,42-/m0/s1. The molecule has 84 heavy (non-hydrogen) atoms. The molecule has 10 atom stereocenters. The number of aromatic nitrogens is 2. The van der Waals surface area contributed by atoms with Crippen molar-refractivity contribution in [3.63, 3.8) is 0 Å². The van der Waals surface area contributed by atoms with E-state index in [0.29, 0.717) is 37.1 Å². The molecule has 0 aromatic carbocycles. The molecule has 11 amide bonds. The second-order valence-corrected chi connectivity index (χ2v) is 23.4. The largest absolute Gasteiger partial charge is 0.481 e. The van der Waals surface area contributed by atoms with Crippen LogP contribution in [0, 0.1) is 11.3 Å². The van der Waals surface area contributed by atoms with Gasteiger partial charge >= 0.3 is 5.97 Å². The van der Waals surface area contributed by atoms with E-state index in [4.69, 9.17) is 17.2 Å². The van der Waals surface area contributed by atoms with Crippen LogP contribution in [0.5, 0.6) is 0 Å². The number of aliphatic hydroxyl groups is 1. The molecule has 0 radical (unpaired) electrons. The van der Waals surface area contributed by atoms with Crippen molar-refractivity contribution in [1.82, 2.24) is 63.1 Å². The monoisotopic (exact) mass is 1210 g/mol. The number of nitrogens with one attached hydrogen (secondary N) is 11. The van der Waals surface area contributed by atoms with Crippen molar-refractivity contribution in [3.8, 4) is 0 Å². The van der Waals surface area contributed by atoms with Crippen molar-refractivity contribution in [3.05, 3.63) is 18.2 Å². The number of hydrogen-bond donors (Lipinski definition) is 16. The van der Waals surface area contributed by atoms with E-state index in [2.05, 4.69) is 68.1 Å². The fraction of sp³-hybridized carbons (Fsp3) is 0.698. The number of carboxylic acid groups (broad SMARTS) is 1. The third-order valence-electron chi connectivity index (χ3n) is 13.0. The van der Waals surface area contributed by atoms with Gasteiger partial charge in [-0.25, -0.2) is 4.98 Å². The van der Waals surface area contributed by atoms with Crippen LogP contribution in [-0.4, -0.2) is 183 Å². The van der Waals surface area contributed by atoms with Gasteiger partial charge in [0.25, 0.3) is 0 Å². The maximum Gasteiger partial charge on any atom is 0.303 e. The zero-order chi connectivity index (χ0) is 63.3. The van der Waals surface area contributed by atoms with E-state index in [0.717, 1.165) is 0 Å². The molecule has 19 N–H and O–H groups in total. The summed E-state index contributed by atoms with van der Waals surface area (Å²) in [5, 5.41) is 46.0. The van der Waals surface area contributed by atoms with Crippen molar-refractivity contribution in [2.75, 3.05) is 25.1 Å². The number of carboxylic acids is 1. The number of nitrogens with two attached hydrogens (primary N) is 3. The maximum absolute atomic E-state index is 14.4. The SMILES string of the molecule is CSCC[C@@H]1NC(=O)[C@H](CCCN=C(N)N)NC(=O)[C@H](CCC(=O)O)NC(=O)[C@H]([C@@H](C)O)NC(=O)CCCCCCNC(=O)[C@H](CC(C)C)NC(=O)[C@H](CC(N)=O)NC(=O)[C@H](Cc2cnc[nH]2)NC(=O)[C@H](CC(C)(C)C)NC(=O)[C@H](C)NC1=O. The molecule has 1 saturated heterocycles. The minimum absolute atomic E-state index is 0.00382. The van der Waals surface area contributed by atoms with Gasteiger partial charge in [-0.2, -0.15) is 11.8 Å². The number of H-pyrrole nitrogens is 1. The Morgan fingerprint density at radius 3 is 1.79 bits per heavy atom. The molecule has 1 aliphatic rings. The van der Waals surface area contributed by atoms with Gasteiger partial charge in [0, 0.05) is 44.2 Å². The summed E-state index contributed by atoms with van der Waals surface area (Å²) >= 11 is 1.32. The van der Waals surface area contributed by atoms with Crippen LogP contribution in [0.3, 0.4) is 0 Å². The lowest BCUT2D eigenvalue weighted by atomic mass is 9.87. The van der Waals surface area contributed by atoms with E-state index in [1.54, 1.807) is 27.0 Å². The zero-order valence-electron chi connectivity index (χ0n) is 49.4. The van der Waals surface area contributed by atoms with E-state index in [9.17, 15) is 67.7 Å². The number of aliphatic imine (C=N–C) groups is 1. The zero-order valence-corrected chi connectivity index (χ0v) is 50.2. The van der Waals surface area contributed by atoms with Crippen LogP contribution in [0.15, 0.2) is 17.5 Å². The molecule has 1 aliphatic heterocycles. The highest BCUT2D eigenvalue weighted by Gasteiger charge is 2.37. The minimum Gasteiger partial charge on any atom is -0.481 e. The summed E-state index contributed by atoms with van der Waals surface area (Å²) in [6.07, 6.45) is 2.55. The highest BCUT2D eigenvalue weighted by molar-refractivity contribution is 7.98. The van der Waals surface area contributed by atoms with Crippen molar-refractivity contribution in [1.29, 1.82) is 0 Å². The summed E-state index contributed by atoms with van der Waals surface area (Å²) in [7, 11) is 0. The molecule has 472 valence electrons. The average molecular weight is 1210 g/mol. The lowest BCUT2D eigenvalue weighted by Crippen LogP contribution is -2.61. The molecule has 1 aromatic rings. The smallest absolute Gasteiger partial charge is 0.303 e. The van der Waals surface area contributed by atoms with Gasteiger partial charge in [0.15, 0.2) is 5.96 Å². The van der Waals surface area contributed by atoms with Crippen molar-refractivity contribution >= 4 is 88.7 Å². The van der Waals surface area contributed by atoms with Gasteiger partial charge in [-0.05, 0) is 88.6 Å². The summed E-state index contributed by atoms with van der Waals surface area (Å²) in [4.78, 5) is 174.